The minimum Gasteiger partial charge on any atom is -0.288 e. The molecule has 0 aliphatic heterocycles. The Hall–Kier alpha value is -3.55. The van der Waals surface area contributed by atoms with E-state index in [2.05, 4.69) is 20.3 Å². The quantitative estimate of drug-likeness (QED) is 0.542. The first-order chi connectivity index (χ1) is 13.1. The average molecular weight is 361 g/mol. The monoisotopic (exact) mass is 361 g/mol. The van der Waals surface area contributed by atoms with Gasteiger partial charge in [0.2, 0.25) is 5.43 Å². The van der Waals surface area contributed by atoms with Gasteiger partial charge in [-0.3, -0.25) is 14.2 Å². The second-order valence-electron chi connectivity index (χ2n) is 6.24. The van der Waals surface area contributed by atoms with Crippen molar-refractivity contribution in [3.63, 3.8) is 0 Å². The molecule has 0 bridgehead atoms. The van der Waals surface area contributed by atoms with E-state index in [1.807, 2.05) is 44.4 Å². The molecular weight excluding hydrogens is 342 g/mol. The highest BCUT2D eigenvalue weighted by molar-refractivity contribution is 5.55. The van der Waals surface area contributed by atoms with Crippen molar-refractivity contribution in [3.05, 3.63) is 76.7 Å². The van der Waals surface area contributed by atoms with Crippen molar-refractivity contribution in [2.75, 3.05) is 0 Å². The lowest BCUT2D eigenvalue weighted by atomic mass is 10.1. The minimum atomic E-state index is -0.0890. The summed E-state index contributed by atoms with van der Waals surface area (Å²) in [7, 11) is 1.84. The Morgan fingerprint density at radius 2 is 2.04 bits per heavy atom. The normalized spacial score (nSPS) is 11.0. The first-order valence-electron chi connectivity index (χ1n) is 8.69. The predicted octanol–water partition coefficient (Wildman–Crippen LogP) is 1.84. The average Bonchev–Trinajstić information content (AvgIpc) is 3.33. The van der Waals surface area contributed by atoms with Gasteiger partial charge in [-0.2, -0.15) is 15.3 Å². The van der Waals surface area contributed by atoms with Crippen molar-refractivity contribution in [1.29, 1.82) is 0 Å². The van der Waals surface area contributed by atoms with Crippen LogP contribution >= 0.6 is 0 Å². The Balaban J connectivity index is 1.64. The van der Waals surface area contributed by atoms with Gasteiger partial charge in [-0.15, -0.1) is 0 Å². The van der Waals surface area contributed by atoms with E-state index in [-0.39, 0.29) is 5.43 Å². The molecule has 0 saturated carbocycles. The van der Waals surface area contributed by atoms with Crippen LogP contribution in [0.5, 0.6) is 0 Å². The number of nitrogens with zero attached hydrogens (tertiary/aromatic N) is 7. The first kappa shape index (κ1) is 16.9. The van der Waals surface area contributed by atoms with E-state index in [4.69, 9.17) is 0 Å². The van der Waals surface area contributed by atoms with E-state index in [9.17, 15) is 4.79 Å². The molecule has 0 N–H and O–H groups in total. The molecule has 4 rings (SSSR count). The van der Waals surface area contributed by atoms with Crippen LogP contribution in [0, 0.1) is 0 Å². The highest BCUT2D eigenvalue weighted by atomic mass is 16.1. The molecule has 0 fully saturated rings. The number of aromatic nitrogens is 7. The summed E-state index contributed by atoms with van der Waals surface area (Å²) in [5, 5.41) is 13.1. The molecule has 0 atom stereocenters. The van der Waals surface area contributed by atoms with E-state index in [1.54, 1.807) is 32.8 Å². The lowest BCUT2D eigenvalue weighted by Gasteiger charge is -2.06. The number of hydrogen-bond donors (Lipinski definition) is 0. The summed E-state index contributed by atoms with van der Waals surface area (Å²) in [6.07, 6.45) is 7.35. The summed E-state index contributed by atoms with van der Waals surface area (Å²) in [6.45, 7) is 2.79. The van der Waals surface area contributed by atoms with Crippen molar-refractivity contribution < 1.29 is 0 Å². The third-order valence-electron chi connectivity index (χ3n) is 4.25. The van der Waals surface area contributed by atoms with Gasteiger partial charge < -0.3 is 0 Å². The Labute approximate surface area is 155 Å². The molecule has 0 aliphatic rings. The molecule has 0 radical (unpaired) electrons. The molecule has 0 unspecified atom stereocenters. The van der Waals surface area contributed by atoms with Crippen LogP contribution in [0.15, 0.2) is 60.0 Å². The molecule has 3 heterocycles. The van der Waals surface area contributed by atoms with E-state index >= 15 is 0 Å². The minimum absolute atomic E-state index is 0.0890. The Morgan fingerprint density at radius 3 is 2.78 bits per heavy atom. The summed E-state index contributed by atoms with van der Waals surface area (Å²) in [4.78, 5) is 16.6. The number of aryl methyl sites for hydroxylation is 2. The number of rotatable bonds is 5. The van der Waals surface area contributed by atoms with Crippen LogP contribution in [0.4, 0.5) is 0 Å². The van der Waals surface area contributed by atoms with Crippen LogP contribution in [-0.2, 0) is 20.0 Å². The summed E-state index contributed by atoms with van der Waals surface area (Å²) in [5.41, 5.74) is 3.10. The van der Waals surface area contributed by atoms with Gasteiger partial charge in [-0.25, -0.2) is 9.67 Å². The van der Waals surface area contributed by atoms with E-state index in [0.29, 0.717) is 17.9 Å². The van der Waals surface area contributed by atoms with Gasteiger partial charge in [0.05, 0.1) is 12.4 Å². The molecule has 27 heavy (non-hydrogen) atoms. The van der Waals surface area contributed by atoms with Crippen LogP contribution < -0.4 is 5.43 Å². The molecule has 4 aromatic rings. The van der Waals surface area contributed by atoms with Gasteiger partial charge in [0, 0.05) is 37.8 Å². The maximum Gasteiger partial charge on any atom is 0.203 e. The first-order valence-corrected chi connectivity index (χ1v) is 8.69. The molecule has 0 amide bonds. The lowest BCUT2D eigenvalue weighted by molar-refractivity contribution is 0.659. The van der Waals surface area contributed by atoms with E-state index < -0.39 is 0 Å². The topological polar surface area (TPSA) is 83.4 Å². The van der Waals surface area contributed by atoms with Gasteiger partial charge in [-0.1, -0.05) is 18.2 Å². The maximum atomic E-state index is 12.3. The highest BCUT2D eigenvalue weighted by Gasteiger charge is 2.09. The lowest BCUT2D eigenvalue weighted by Crippen LogP contribution is -2.16. The smallest absolute Gasteiger partial charge is 0.203 e. The van der Waals surface area contributed by atoms with Gasteiger partial charge in [0.1, 0.15) is 17.7 Å². The van der Waals surface area contributed by atoms with Crippen LogP contribution in [0.3, 0.4) is 0 Å². The summed E-state index contributed by atoms with van der Waals surface area (Å²) in [5.74, 6) is 0.674. The molecule has 1 aromatic carbocycles. The third kappa shape index (κ3) is 3.55. The standard InChI is InChI=1S/C19H19N7O/c1-3-25-13-20-19(23-25)15-6-4-5-14(9-15)10-17-18(27)7-8-26(22-17)16-11-21-24(2)12-16/h4-9,11-13H,3,10H2,1-2H3. The Kier molecular flexibility index (Phi) is 4.37. The van der Waals surface area contributed by atoms with Crippen LogP contribution in [0.2, 0.25) is 0 Å². The fourth-order valence-corrected chi connectivity index (χ4v) is 2.83. The van der Waals surface area contributed by atoms with Crippen molar-refractivity contribution in [2.24, 2.45) is 7.05 Å². The van der Waals surface area contributed by atoms with E-state index in [1.165, 1.54) is 6.07 Å². The van der Waals surface area contributed by atoms with E-state index in [0.717, 1.165) is 23.4 Å². The molecule has 0 aliphatic carbocycles. The zero-order chi connectivity index (χ0) is 18.8. The fourth-order valence-electron chi connectivity index (χ4n) is 2.83. The van der Waals surface area contributed by atoms with Crippen LogP contribution in [-0.4, -0.2) is 34.3 Å². The van der Waals surface area contributed by atoms with Crippen LogP contribution in [0.25, 0.3) is 17.1 Å². The SMILES string of the molecule is CCn1cnc(-c2cccc(Cc3nn(-c4cnn(C)c4)ccc3=O)c2)n1. The molecule has 8 nitrogen and oxygen atoms in total. The third-order valence-corrected chi connectivity index (χ3v) is 4.25. The number of benzene rings is 1. The van der Waals surface area contributed by atoms with Gasteiger partial charge in [0.15, 0.2) is 5.82 Å². The molecule has 136 valence electrons. The van der Waals surface area contributed by atoms with Gasteiger partial charge >= 0.3 is 0 Å². The molecule has 8 heteroatoms. The summed E-state index contributed by atoms with van der Waals surface area (Å²) >= 11 is 0. The van der Waals surface area contributed by atoms with Crippen molar-refractivity contribution >= 4 is 0 Å². The van der Waals surface area contributed by atoms with Gasteiger partial charge in [-0.05, 0) is 18.6 Å². The summed E-state index contributed by atoms with van der Waals surface area (Å²) < 4.78 is 5.14. The van der Waals surface area contributed by atoms with Crippen molar-refractivity contribution in [3.8, 4) is 17.1 Å². The van der Waals surface area contributed by atoms with Crippen molar-refractivity contribution in [2.45, 2.75) is 19.9 Å². The Morgan fingerprint density at radius 1 is 1.15 bits per heavy atom. The molecular formula is C19H19N7O. The zero-order valence-electron chi connectivity index (χ0n) is 15.1. The fraction of sp³-hybridized carbons (Fsp3) is 0.211. The highest BCUT2D eigenvalue weighted by Crippen LogP contribution is 2.17. The summed E-state index contributed by atoms with van der Waals surface area (Å²) in [6, 6.07) is 9.41. The molecule has 3 aromatic heterocycles. The van der Waals surface area contributed by atoms with Gasteiger partial charge in [0.25, 0.3) is 0 Å². The van der Waals surface area contributed by atoms with Crippen LogP contribution in [0.1, 0.15) is 18.2 Å². The zero-order valence-corrected chi connectivity index (χ0v) is 15.1. The second kappa shape index (κ2) is 6.99. The largest absolute Gasteiger partial charge is 0.288 e. The number of hydrogen-bond acceptors (Lipinski definition) is 5. The second-order valence-corrected chi connectivity index (χ2v) is 6.24. The van der Waals surface area contributed by atoms with Crippen molar-refractivity contribution in [1.82, 2.24) is 34.3 Å². The molecule has 0 spiro atoms. The predicted molar refractivity (Wildman–Crippen MR) is 101 cm³/mol. The molecule has 0 saturated heterocycles. The maximum absolute atomic E-state index is 12.3. The Bertz CT molecular complexity index is 1140.